The quantitative estimate of drug-likeness (QED) is 0.594. The van der Waals surface area contributed by atoms with Crippen LogP contribution in [0.3, 0.4) is 0 Å². The summed E-state index contributed by atoms with van der Waals surface area (Å²) in [6.07, 6.45) is 17.9. The summed E-state index contributed by atoms with van der Waals surface area (Å²) in [5, 5.41) is 11.2. The lowest BCUT2D eigenvalue weighted by Crippen LogP contribution is -2.52. The molecular weight excluding hydrogens is 296 g/mol. The van der Waals surface area contributed by atoms with Gasteiger partial charge in [0.25, 0.3) is 0 Å². The van der Waals surface area contributed by atoms with Gasteiger partial charge in [0.05, 0.1) is 12.9 Å². The number of hydrogen-bond acceptors (Lipinski definition) is 2. The average molecular weight is 326 g/mol. The van der Waals surface area contributed by atoms with Gasteiger partial charge >= 0.3 is 0 Å². The predicted molar refractivity (Wildman–Crippen MR) is 96.0 cm³/mol. The van der Waals surface area contributed by atoms with Gasteiger partial charge in [-0.15, -0.1) is 6.42 Å². The van der Waals surface area contributed by atoms with Crippen molar-refractivity contribution >= 4 is 0 Å². The van der Waals surface area contributed by atoms with Crippen LogP contribution in [0.2, 0.25) is 0 Å². The molecule has 2 nitrogen and oxygen atoms in total. The molecule has 4 aliphatic rings. The van der Waals surface area contributed by atoms with Crippen LogP contribution in [0.15, 0.2) is 23.0 Å². The second kappa shape index (κ2) is 5.67. The SMILES string of the molecule is C#C[C@]1(O)CCC2C3CCC4=C(CC=C(OC)C4)C3CC[C@@]21CC. The largest absolute Gasteiger partial charge is 0.501 e. The Hall–Kier alpha value is -1.20. The van der Waals surface area contributed by atoms with Crippen molar-refractivity contribution in [3.05, 3.63) is 23.0 Å². The van der Waals surface area contributed by atoms with Crippen LogP contribution in [0.5, 0.6) is 0 Å². The number of fused-ring (bicyclic) bond motifs is 4. The van der Waals surface area contributed by atoms with Crippen molar-refractivity contribution in [2.24, 2.45) is 23.2 Å². The van der Waals surface area contributed by atoms with Gasteiger partial charge in [0.1, 0.15) is 5.60 Å². The molecule has 4 aliphatic carbocycles. The molecule has 2 heteroatoms. The van der Waals surface area contributed by atoms with Crippen LogP contribution in [0.1, 0.15) is 64.7 Å². The Labute approximate surface area is 146 Å². The molecule has 5 atom stereocenters. The molecule has 2 fully saturated rings. The van der Waals surface area contributed by atoms with Crippen LogP contribution >= 0.6 is 0 Å². The first-order valence-electron chi connectivity index (χ1n) is 9.72. The predicted octanol–water partition coefficient (Wildman–Crippen LogP) is 4.60. The number of ether oxygens (including phenoxy) is 1. The molecule has 0 amide bonds. The summed E-state index contributed by atoms with van der Waals surface area (Å²) in [7, 11) is 1.79. The van der Waals surface area contributed by atoms with E-state index in [0.29, 0.717) is 11.8 Å². The van der Waals surface area contributed by atoms with Crippen LogP contribution in [-0.2, 0) is 4.74 Å². The highest BCUT2D eigenvalue weighted by atomic mass is 16.5. The van der Waals surface area contributed by atoms with E-state index in [0.717, 1.165) is 50.2 Å². The third kappa shape index (κ3) is 2.00. The van der Waals surface area contributed by atoms with Crippen molar-refractivity contribution in [3.63, 3.8) is 0 Å². The van der Waals surface area contributed by atoms with E-state index in [-0.39, 0.29) is 5.41 Å². The Kier molecular flexibility index (Phi) is 3.84. The van der Waals surface area contributed by atoms with Gasteiger partial charge in [-0.25, -0.2) is 0 Å². The summed E-state index contributed by atoms with van der Waals surface area (Å²) in [5.41, 5.74) is 2.43. The van der Waals surface area contributed by atoms with Gasteiger partial charge in [0.15, 0.2) is 0 Å². The summed E-state index contributed by atoms with van der Waals surface area (Å²) in [5.74, 6) is 6.00. The molecule has 0 heterocycles. The van der Waals surface area contributed by atoms with Crippen LogP contribution in [-0.4, -0.2) is 17.8 Å². The van der Waals surface area contributed by atoms with Gasteiger partial charge in [0.2, 0.25) is 0 Å². The highest BCUT2D eigenvalue weighted by Gasteiger charge is 2.62. The molecular formula is C22H30O2. The van der Waals surface area contributed by atoms with E-state index in [4.69, 9.17) is 11.2 Å². The fraction of sp³-hybridized carbons (Fsp3) is 0.727. The zero-order valence-corrected chi connectivity index (χ0v) is 15.1. The molecule has 1 N–H and O–H groups in total. The van der Waals surface area contributed by atoms with E-state index in [2.05, 4.69) is 18.9 Å². The molecule has 0 aliphatic heterocycles. The fourth-order valence-corrected chi connectivity index (χ4v) is 6.83. The first-order chi connectivity index (χ1) is 11.6. The monoisotopic (exact) mass is 326 g/mol. The molecule has 3 unspecified atom stereocenters. The number of rotatable bonds is 2. The summed E-state index contributed by atoms with van der Waals surface area (Å²) >= 11 is 0. The van der Waals surface area contributed by atoms with E-state index < -0.39 is 5.60 Å². The molecule has 130 valence electrons. The standard InChI is InChI=1S/C22H30O2/c1-4-21-12-10-18-17-9-7-16(24-3)14-15(17)6-8-19(18)20(21)11-13-22(21,23)5-2/h2,7,18-20,23H,4,6,8-14H2,1,3H3/t18?,19?,20?,21-,22-/m0/s1. The van der Waals surface area contributed by atoms with E-state index in [1.807, 2.05) is 0 Å². The minimum absolute atomic E-state index is 0.0385. The summed E-state index contributed by atoms with van der Waals surface area (Å²) in [4.78, 5) is 0. The van der Waals surface area contributed by atoms with Gasteiger partial charge in [-0.3, -0.25) is 0 Å². The Morgan fingerprint density at radius 1 is 1.33 bits per heavy atom. The van der Waals surface area contributed by atoms with Crippen molar-refractivity contribution in [1.82, 2.24) is 0 Å². The fourth-order valence-electron chi connectivity index (χ4n) is 6.83. The van der Waals surface area contributed by atoms with Crippen LogP contribution in [0, 0.1) is 35.5 Å². The molecule has 0 aromatic heterocycles. The number of allylic oxidation sites excluding steroid dienone is 3. The first kappa shape index (κ1) is 16.3. The Morgan fingerprint density at radius 3 is 2.88 bits per heavy atom. The van der Waals surface area contributed by atoms with Crippen molar-refractivity contribution < 1.29 is 9.84 Å². The lowest BCUT2D eigenvalue weighted by molar-refractivity contribution is -0.0855. The maximum Gasteiger partial charge on any atom is 0.131 e. The third-order valence-electron chi connectivity index (χ3n) is 8.04. The minimum Gasteiger partial charge on any atom is -0.501 e. The van der Waals surface area contributed by atoms with Gasteiger partial charge in [0, 0.05) is 11.8 Å². The van der Waals surface area contributed by atoms with E-state index >= 15 is 0 Å². The zero-order chi connectivity index (χ0) is 16.9. The van der Waals surface area contributed by atoms with Gasteiger partial charge in [-0.1, -0.05) is 24.0 Å². The van der Waals surface area contributed by atoms with Crippen molar-refractivity contribution in [2.45, 2.75) is 70.3 Å². The Balaban J connectivity index is 1.65. The van der Waals surface area contributed by atoms with Crippen molar-refractivity contribution in [2.75, 3.05) is 7.11 Å². The maximum atomic E-state index is 11.2. The Morgan fingerprint density at radius 2 is 2.17 bits per heavy atom. The summed E-state index contributed by atoms with van der Waals surface area (Å²) in [6, 6.07) is 0. The summed E-state index contributed by atoms with van der Waals surface area (Å²) < 4.78 is 5.49. The molecule has 0 saturated heterocycles. The average Bonchev–Trinajstić information content (AvgIpc) is 2.94. The van der Waals surface area contributed by atoms with Crippen LogP contribution in [0.25, 0.3) is 0 Å². The van der Waals surface area contributed by atoms with Crippen LogP contribution < -0.4 is 0 Å². The lowest BCUT2D eigenvalue weighted by Gasteiger charge is -2.54. The highest BCUT2D eigenvalue weighted by molar-refractivity contribution is 5.34. The van der Waals surface area contributed by atoms with Crippen molar-refractivity contribution in [3.8, 4) is 12.3 Å². The van der Waals surface area contributed by atoms with Gasteiger partial charge in [-0.2, -0.15) is 0 Å². The number of hydrogen-bond donors (Lipinski definition) is 1. The number of methoxy groups -OCH3 is 1. The topological polar surface area (TPSA) is 29.5 Å². The Bertz CT molecular complexity index is 637. The van der Waals surface area contributed by atoms with Crippen molar-refractivity contribution in [1.29, 1.82) is 0 Å². The molecule has 0 bridgehead atoms. The van der Waals surface area contributed by atoms with E-state index in [1.165, 1.54) is 19.3 Å². The van der Waals surface area contributed by atoms with Crippen LogP contribution in [0.4, 0.5) is 0 Å². The molecule has 4 rings (SSSR count). The lowest BCUT2D eigenvalue weighted by atomic mass is 9.51. The molecule has 0 aromatic carbocycles. The first-order valence-corrected chi connectivity index (χ1v) is 9.72. The molecule has 0 spiro atoms. The highest BCUT2D eigenvalue weighted by Crippen LogP contribution is 2.65. The maximum absolute atomic E-state index is 11.2. The van der Waals surface area contributed by atoms with Gasteiger partial charge < -0.3 is 9.84 Å². The zero-order valence-electron chi connectivity index (χ0n) is 15.1. The number of terminal acetylenes is 1. The number of aliphatic hydroxyl groups is 1. The molecule has 0 aromatic rings. The van der Waals surface area contributed by atoms with Gasteiger partial charge in [-0.05, 0) is 75.2 Å². The molecule has 2 saturated carbocycles. The summed E-state index contributed by atoms with van der Waals surface area (Å²) in [6.45, 7) is 2.24. The minimum atomic E-state index is -0.873. The third-order valence-corrected chi connectivity index (χ3v) is 8.04. The normalized spacial score (nSPS) is 44.1. The smallest absolute Gasteiger partial charge is 0.131 e. The second-order valence-electron chi connectivity index (χ2n) is 8.39. The van der Waals surface area contributed by atoms with E-state index in [9.17, 15) is 5.11 Å². The molecule has 0 radical (unpaired) electrons. The van der Waals surface area contributed by atoms with E-state index in [1.54, 1.807) is 18.3 Å². The molecule has 24 heavy (non-hydrogen) atoms. The second-order valence-corrected chi connectivity index (χ2v) is 8.39.